The molecule has 0 aromatic heterocycles. The summed E-state index contributed by atoms with van der Waals surface area (Å²) >= 11 is 0. The fraction of sp³-hybridized carbons (Fsp3) is 0.222. The molecular weight excluding hydrogens is 263 g/mol. The Morgan fingerprint density at radius 2 is 1.95 bits per heavy atom. The lowest BCUT2D eigenvalue weighted by Crippen LogP contribution is -2.32. The third kappa shape index (κ3) is 3.12. The zero-order valence-electron chi connectivity index (χ0n) is 9.62. The third-order valence-corrected chi connectivity index (χ3v) is 2.23. The van der Waals surface area contributed by atoms with Crippen LogP contribution in [-0.2, 0) is 4.79 Å². The molecule has 0 aliphatic rings. The van der Waals surface area contributed by atoms with Crippen molar-refractivity contribution in [2.45, 2.75) is 13.0 Å². The summed E-state index contributed by atoms with van der Waals surface area (Å²) < 4.78 is 13.2. The summed E-state index contributed by atoms with van der Waals surface area (Å²) in [5.41, 5.74) is 2.52. The standard InChI is InChI=1S/C9H9FN4O5/c1-4(9(11)15)12-6-2-5(10)3-7(13(16)17)8(6)14(18)19/h2-4,12H,1H3,(H2,11,15)/t4-/m0/s1. The minimum absolute atomic E-state index is 0.429. The number of nitrogens with zero attached hydrogens (tertiary/aromatic N) is 2. The van der Waals surface area contributed by atoms with Gasteiger partial charge in [-0.2, -0.15) is 0 Å². The Kier molecular flexibility index (Phi) is 3.94. The van der Waals surface area contributed by atoms with E-state index < -0.39 is 44.7 Å². The van der Waals surface area contributed by atoms with Crippen LogP contribution in [0.2, 0.25) is 0 Å². The molecule has 1 amide bonds. The number of benzene rings is 1. The normalized spacial score (nSPS) is 11.7. The first-order valence-corrected chi connectivity index (χ1v) is 4.92. The van der Waals surface area contributed by atoms with Crippen molar-refractivity contribution in [2.24, 2.45) is 5.73 Å². The fourth-order valence-corrected chi connectivity index (χ4v) is 1.33. The summed E-state index contributed by atoms with van der Waals surface area (Å²) in [6.07, 6.45) is 0. The number of nitrogens with two attached hydrogens (primary N) is 1. The van der Waals surface area contributed by atoms with Gasteiger partial charge in [0.25, 0.3) is 0 Å². The zero-order valence-corrected chi connectivity index (χ0v) is 9.62. The second kappa shape index (κ2) is 5.25. The lowest BCUT2D eigenvalue weighted by Gasteiger charge is -2.11. The van der Waals surface area contributed by atoms with E-state index in [9.17, 15) is 29.4 Å². The van der Waals surface area contributed by atoms with Crippen molar-refractivity contribution in [2.75, 3.05) is 5.32 Å². The van der Waals surface area contributed by atoms with E-state index in [-0.39, 0.29) is 0 Å². The fourth-order valence-electron chi connectivity index (χ4n) is 1.33. The molecule has 10 heteroatoms. The molecule has 9 nitrogen and oxygen atoms in total. The van der Waals surface area contributed by atoms with Gasteiger partial charge in [0, 0.05) is 6.07 Å². The number of nitro benzene ring substituents is 2. The predicted octanol–water partition coefficient (Wildman–Crippen LogP) is 0.928. The van der Waals surface area contributed by atoms with E-state index in [1.807, 2.05) is 0 Å². The number of hydrogen-bond donors (Lipinski definition) is 2. The summed E-state index contributed by atoms with van der Waals surface area (Å²) in [4.78, 5) is 30.2. The SMILES string of the molecule is C[C@H](Nc1cc(F)cc([N+](=O)[O-])c1[N+](=O)[O-])C(N)=O. The molecule has 0 saturated heterocycles. The second-order valence-corrected chi connectivity index (χ2v) is 3.60. The zero-order chi connectivity index (χ0) is 14.7. The smallest absolute Gasteiger partial charge is 0.368 e. The monoisotopic (exact) mass is 272 g/mol. The molecule has 0 unspecified atom stereocenters. The topological polar surface area (TPSA) is 141 Å². The molecule has 0 saturated carbocycles. The van der Waals surface area contributed by atoms with Gasteiger partial charge in [0.15, 0.2) is 0 Å². The van der Waals surface area contributed by atoms with Crippen LogP contribution in [-0.4, -0.2) is 21.8 Å². The third-order valence-electron chi connectivity index (χ3n) is 2.23. The average Bonchev–Trinajstić information content (AvgIpc) is 2.27. The number of carbonyl (C=O) groups excluding carboxylic acids is 1. The Balaban J connectivity index is 3.40. The highest BCUT2D eigenvalue weighted by atomic mass is 19.1. The number of hydrogen-bond acceptors (Lipinski definition) is 6. The molecule has 1 rings (SSSR count). The largest absolute Gasteiger partial charge is 0.369 e. The van der Waals surface area contributed by atoms with E-state index in [4.69, 9.17) is 5.73 Å². The molecule has 1 aromatic rings. The predicted molar refractivity (Wildman–Crippen MR) is 62.0 cm³/mol. The highest BCUT2D eigenvalue weighted by Gasteiger charge is 2.31. The van der Waals surface area contributed by atoms with E-state index in [0.29, 0.717) is 12.1 Å². The number of halogens is 1. The van der Waals surface area contributed by atoms with E-state index in [1.54, 1.807) is 0 Å². The van der Waals surface area contributed by atoms with Crippen molar-refractivity contribution in [3.63, 3.8) is 0 Å². The highest BCUT2D eigenvalue weighted by Crippen LogP contribution is 2.35. The molecule has 0 aliphatic carbocycles. The minimum atomic E-state index is -1.08. The number of anilines is 1. The maximum absolute atomic E-state index is 13.2. The van der Waals surface area contributed by atoms with Crippen molar-refractivity contribution in [3.05, 3.63) is 38.2 Å². The average molecular weight is 272 g/mol. The van der Waals surface area contributed by atoms with Crippen LogP contribution in [0.4, 0.5) is 21.5 Å². The first kappa shape index (κ1) is 14.3. The Morgan fingerprint density at radius 1 is 1.37 bits per heavy atom. The van der Waals surface area contributed by atoms with E-state index in [1.165, 1.54) is 6.92 Å². The Labute approximate surface area is 105 Å². The lowest BCUT2D eigenvalue weighted by atomic mass is 10.2. The van der Waals surface area contributed by atoms with Crippen molar-refractivity contribution in [1.82, 2.24) is 0 Å². The van der Waals surface area contributed by atoms with Crippen LogP contribution in [0.25, 0.3) is 0 Å². The molecular formula is C9H9FN4O5. The molecule has 3 N–H and O–H groups in total. The van der Waals surface area contributed by atoms with Crippen molar-refractivity contribution in [1.29, 1.82) is 0 Å². The Hall–Kier alpha value is -2.78. The first-order valence-electron chi connectivity index (χ1n) is 4.92. The van der Waals surface area contributed by atoms with E-state index >= 15 is 0 Å². The minimum Gasteiger partial charge on any atom is -0.368 e. The Bertz CT molecular complexity index is 562. The van der Waals surface area contributed by atoms with Crippen LogP contribution in [0.3, 0.4) is 0 Å². The quantitative estimate of drug-likeness (QED) is 0.603. The molecule has 0 radical (unpaired) electrons. The van der Waals surface area contributed by atoms with Gasteiger partial charge in [-0.3, -0.25) is 25.0 Å². The molecule has 1 aromatic carbocycles. The van der Waals surface area contributed by atoms with Gasteiger partial charge in [-0.25, -0.2) is 4.39 Å². The first-order chi connectivity index (χ1) is 8.73. The second-order valence-electron chi connectivity index (χ2n) is 3.60. The molecule has 0 spiro atoms. The summed E-state index contributed by atoms with van der Waals surface area (Å²) in [6.45, 7) is 1.28. The maximum Gasteiger partial charge on any atom is 0.369 e. The maximum atomic E-state index is 13.2. The highest BCUT2D eigenvalue weighted by molar-refractivity contribution is 5.84. The molecule has 0 aliphatic heterocycles. The summed E-state index contributed by atoms with van der Waals surface area (Å²) in [5.74, 6) is -1.89. The van der Waals surface area contributed by atoms with Crippen molar-refractivity contribution < 1.29 is 19.0 Å². The van der Waals surface area contributed by atoms with Gasteiger partial charge in [-0.15, -0.1) is 0 Å². The number of carbonyl (C=O) groups is 1. The van der Waals surface area contributed by atoms with Gasteiger partial charge in [0.05, 0.1) is 15.9 Å². The van der Waals surface area contributed by atoms with Gasteiger partial charge in [-0.1, -0.05) is 0 Å². The lowest BCUT2D eigenvalue weighted by molar-refractivity contribution is -0.422. The molecule has 1 atom stereocenters. The van der Waals surface area contributed by atoms with Crippen LogP contribution in [0.1, 0.15) is 6.92 Å². The van der Waals surface area contributed by atoms with Crippen LogP contribution < -0.4 is 11.1 Å². The van der Waals surface area contributed by atoms with Gasteiger partial charge in [-0.05, 0) is 6.92 Å². The van der Waals surface area contributed by atoms with Gasteiger partial charge >= 0.3 is 11.4 Å². The Morgan fingerprint density at radius 3 is 2.37 bits per heavy atom. The molecule has 102 valence electrons. The number of nitrogens with one attached hydrogen (secondary N) is 1. The van der Waals surface area contributed by atoms with Crippen molar-refractivity contribution in [3.8, 4) is 0 Å². The van der Waals surface area contributed by atoms with Crippen LogP contribution >= 0.6 is 0 Å². The number of amides is 1. The molecule has 19 heavy (non-hydrogen) atoms. The van der Waals surface area contributed by atoms with E-state index in [0.717, 1.165) is 0 Å². The van der Waals surface area contributed by atoms with Crippen molar-refractivity contribution >= 4 is 23.0 Å². The molecule has 0 bridgehead atoms. The number of nitro groups is 2. The summed E-state index contributed by atoms with van der Waals surface area (Å²) in [7, 11) is 0. The van der Waals surface area contributed by atoms with Gasteiger partial charge < -0.3 is 11.1 Å². The summed E-state index contributed by atoms with van der Waals surface area (Å²) in [5, 5.41) is 23.8. The van der Waals surface area contributed by atoms with Crippen LogP contribution in [0, 0.1) is 26.0 Å². The van der Waals surface area contributed by atoms with Crippen LogP contribution in [0.15, 0.2) is 12.1 Å². The van der Waals surface area contributed by atoms with E-state index in [2.05, 4.69) is 5.32 Å². The van der Waals surface area contributed by atoms with Gasteiger partial charge in [0.1, 0.15) is 17.5 Å². The molecule has 0 fully saturated rings. The molecule has 0 heterocycles. The number of rotatable bonds is 5. The number of primary amides is 1. The summed E-state index contributed by atoms with van der Waals surface area (Å²) in [6, 6.07) is 0.0585. The van der Waals surface area contributed by atoms with Crippen LogP contribution in [0.5, 0.6) is 0 Å². The van der Waals surface area contributed by atoms with Gasteiger partial charge in [0.2, 0.25) is 5.91 Å².